The van der Waals surface area contributed by atoms with Crippen molar-refractivity contribution < 1.29 is 9.47 Å². The highest BCUT2D eigenvalue weighted by Crippen LogP contribution is 2.61. The number of hydrogen-bond acceptors (Lipinski definition) is 4. The Hall–Kier alpha value is -2.04. The molecule has 2 aromatic rings. The SMILES string of the molecule is COc1ccc(CN(CCCCCCN(Cc2ccc(OC)cc2)CC23CC4CC(CC(C4)C2)C3)CC23CC4CC(CC(C4)C2)C3)cc1. The summed E-state index contributed by atoms with van der Waals surface area (Å²) < 4.78 is 10.9. The molecule has 0 N–H and O–H groups in total. The van der Waals surface area contributed by atoms with Crippen LogP contribution >= 0.6 is 0 Å². The molecular weight excluding hydrogens is 588 g/mol. The second-order valence-corrected chi connectivity index (χ2v) is 18.4. The van der Waals surface area contributed by atoms with Crippen molar-refractivity contribution in [1.82, 2.24) is 9.80 Å². The number of nitrogens with zero attached hydrogens (tertiary/aromatic N) is 2. The van der Waals surface area contributed by atoms with Crippen LogP contribution in [0.1, 0.15) is 114 Å². The van der Waals surface area contributed by atoms with Crippen LogP contribution in [0.3, 0.4) is 0 Å². The van der Waals surface area contributed by atoms with Crippen LogP contribution in [0.15, 0.2) is 48.5 Å². The lowest BCUT2D eigenvalue weighted by Gasteiger charge is -2.58. The zero-order valence-electron chi connectivity index (χ0n) is 30.4. The first-order valence-corrected chi connectivity index (χ1v) is 20.1. The van der Waals surface area contributed by atoms with Crippen LogP contribution in [-0.2, 0) is 13.1 Å². The first-order chi connectivity index (χ1) is 23.4. The predicted octanol–water partition coefficient (Wildman–Crippen LogP) is 10.0. The quantitative estimate of drug-likeness (QED) is 0.159. The van der Waals surface area contributed by atoms with Crippen LogP contribution in [0.2, 0.25) is 0 Å². The molecule has 8 aliphatic rings. The van der Waals surface area contributed by atoms with Gasteiger partial charge in [0.05, 0.1) is 14.2 Å². The molecule has 0 aromatic heterocycles. The van der Waals surface area contributed by atoms with E-state index >= 15 is 0 Å². The summed E-state index contributed by atoms with van der Waals surface area (Å²) in [6.45, 7) is 7.32. The minimum Gasteiger partial charge on any atom is -0.497 e. The monoisotopic (exact) mass is 652 g/mol. The van der Waals surface area contributed by atoms with Gasteiger partial charge in [0, 0.05) is 26.2 Å². The number of ether oxygens (including phenoxy) is 2. The maximum absolute atomic E-state index is 5.47. The molecule has 8 aliphatic carbocycles. The van der Waals surface area contributed by atoms with Crippen molar-refractivity contribution in [2.75, 3.05) is 40.4 Å². The van der Waals surface area contributed by atoms with Gasteiger partial charge < -0.3 is 9.47 Å². The van der Waals surface area contributed by atoms with Gasteiger partial charge in [0.15, 0.2) is 0 Å². The van der Waals surface area contributed by atoms with Crippen LogP contribution in [-0.4, -0.2) is 50.2 Å². The second-order valence-electron chi connectivity index (χ2n) is 18.4. The Bertz CT molecular complexity index is 1160. The molecule has 10 rings (SSSR count). The van der Waals surface area contributed by atoms with Crippen LogP contribution in [0, 0.1) is 46.3 Å². The lowest BCUT2D eigenvalue weighted by atomic mass is 9.49. The van der Waals surface area contributed by atoms with E-state index in [1.54, 1.807) is 14.2 Å². The summed E-state index contributed by atoms with van der Waals surface area (Å²) >= 11 is 0. The lowest BCUT2D eigenvalue weighted by molar-refractivity contribution is -0.0709. The summed E-state index contributed by atoms with van der Waals surface area (Å²) in [5.41, 5.74) is 4.08. The molecule has 0 unspecified atom stereocenters. The van der Waals surface area contributed by atoms with E-state index in [1.165, 1.54) is 140 Å². The van der Waals surface area contributed by atoms with Gasteiger partial charge in [-0.1, -0.05) is 37.1 Å². The predicted molar refractivity (Wildman–Crippen MR) is 196 cm³/mol. The van der Waals surface area contributed by atoms with Crippen molar-refractivity contribution >= 4 is 0 Å². The minimum absolute atomic E-state index is 0.598. The van der Waals surface area contributed by atoms with Crippen LogP contribution < -0.4 is 9.47 Å². The van der Waals surface area contributed by atoms with Crippen molar-refractivity contribution in [2.45, 2.75) is 116 Å². The summed E-state index contributed by atoms with van der Waals surface area (Å²) in [5, 5.41) is 0. The molecule has 48 heavy (non-hydrogen) atoms. The average molecular weight is 653 g/mol. The van der Waals surface area contributed by atoms with E-state index in [9.17, 15) is 0 Å². The summed E-state index contributed by atoms with van der Waals surface area (Å²) in [6, 6.07) is 17.8. The maximum Gasteiger partial charge on any atom is 0.118 e. The molecule has 2 aromatic carbocycles. The Kier molecular flexibility index (Phi) is 9.86. The molecular formula is C44H64N2O2. The fourth-order valence-corrected chi connectivity index (χ4v) is 13.3. The molecule has 0 radical (unpaired) electrons. The van der Waals surface area contributed by atoms with Crippen molar-refractivity contribution in [2.24, 2.45) is 46.3 Å². The molecule has 0 saturated heterocycles. The number of methoxy groups -OCH3 is 2. The molecule has 0 amide bonds. The highest BCUT2D eigenvalue weighted by atomic mass is 16.5. The lowest BCUT2D eigenvalue weighted by Crippen LogP contribution is -2.51. The third-order valence-electron chi connectivity index (χ3n) is 14.3. The normalized spacial score (nSPS) is 34.4. The van der Waals surface area contributed by atoms with Crippen LogP contribution in [0.25, 0.3) is 0 Å². The van der Waals surface area contributed by atoms with Crippen molar-refractivity contribution in [1.29, 1.82) is 0 Å². The first kappa shape index (κ1) is 33.1. The molecule has 8 saturated carbocycles. The van der Waals surface area contributed by atoms with Gasteiger partial charge in [-0.3, -0.25) is 9.80 Å². The number of unbranched alkanes of at least 4 members (excludes halogenated alkanes) is 3. The Labute approximate surface area is 292 Å². The fraction of sp³-hybridized carbons (Fsp3) is 0.727. The van der Waals surface area contributed by atoms with E-state index < -0.39 is 0 Å². The van der Waals surface area contributed by atoms with Crippen molar-refractivity contribution in [3.63, 3.8) is 0 Å². The second kappa shape index (κ2) is 14.3. The molecule has 0 spiro atoms. The molecule has 0 atom stereocenters. The first-order valence-electron chi connectivity index (χ1n) is 20.1. The summed E-state index contributed by atoms with van der Waals surface area (Å²) in [6.07, 6.45) is 23.6. The Morgan fingerprint density at radius 2 is 0.792 bits per heavy atom. The van der Waals surface area contributed by atoms with Gasteiger partial charge in [0.1, 0.15) is 11.5 Å². The highest BCUT2D eigenvalue weighted by Gasteiger charge is 2.52. The van der Waals surface area contributed by atoms with Gasteiger partial charge in [-0.25, -0.2) is 0 Å². The zero-order valence-corrected chi connectivity index (χ0v) is 30.4. The number of benzene rings is 2. The van der Waals surface area contributed by atoms with E-state index in [4.69, 9.17) is 9.47 Å². The highest BCUT2D eigenvalue weighted by molar-refractivity contribution is 5.28. The molecule has 0 heterocycles. The van der Waals surface area contributed by atoms with Gasteiger partial charge in [-0.2, -0.15) is 0 Å². The maximum atomic E-state index is 5.47. The van der Waals surface area contributed by atoms with Crippen molar-refractivity contribution in [3.8, 4) is 11.5 Å². The molecule has 8 bridgehead atoms. The van der Waals surface area contributed by atoms with Gasteiger partial charge in [-0.05, 0) is 185 Å². The van der Waals surface area contributed by atoms with E-state index in [2.05, 4.69) is 58.3 Å². The summed E-state index contributed by atoms with van der Waals surface area (Å²) in [5.74, 6) is 8.09. The number of rotatable bonds is 17. The topological polar surface area (TPSA) is 24.9 Å². The molecule has 4 heteroatoms. The van der Waals surface area contributed by atoms with Gasteiger partial charge in [0.25, 0.3) is 0 Å². The van der Waals surface area contributed by atoms with Crippen LogP contribution in [0.5, 0.6) is 11.5 Å². The Morgan fingerprint density at radius 3 is 1.08 bits per heavy atom. The largest absolute Gasteiger partial charge is 0.497 e. The molecule has 8 fully saturated rings. The summed E-state index contributed by atoms with van der Waals surface area (Å²) in [4.78, 5) is 5.75. The van der Waals surface area contributed by atoms with Gasteiger partial charge in [-0.15, -0.1) is 0 Å². The minimum atomic E-state index is 0.598. The third kappa shape index (κ3) is 7.65. The van der Waals surface area contributed by atoms with Gasteiger partial charge in [0.2, 0.25) is 0 Å². The standard InChI is InChI=1S/C44H64N2O2/c1-47-41-11-7-33(8-12-41)29-45(31-43-23-35-17-36(24-43)19-37(18-35)25-43)15-5-3-4-6-16-46(30-34-9-13-42(48-2)14-10-34)32-44-26-38-20-39(27-44)22-40(21-38)28-44/h7-14,35-40H,3-6,15-32H2,1-2H3. The number of hydrogen-bond donors (Lipinski definition) is 0. The summed E-state index contributed by atoms with van der Waals surface area (Å²) in [7, 11) is 3.55. The van der Waals surface area contributed by atoms with Crippen LogP contribution in [0.4, 0.5) is 0 Å². The molecule has 0 aliphatic heterocycles. The fourth-order valence-electron chi connectivity index (χ4n) is 13.3. The Morgan fingerprint density at radius 1 is 0.479 bits per heavy atom. The smallest absolute Gasteiger partial charge is 0.118 e. The Balaban J connectivity index is 0.867. The zero-order chi connectivity index (χ0) is 32.6. The van der Waals surface area contributed by atoms with E-state index in [-0.39, 0.29) is 0 Å². The van der Waals surface area contributed by atoms with Gasteiger partial charge >= 0.3 is 0 Å². The third-order valence-corrected chi connectivity index (χ3v) is 14.3. The average Bonchev–Trinajstić information content (AvgIpc) is 3.05. The van der Waals surface area contributed by atoms with Crippen molar-refractivity contribution in [3.05, 3.63) is 59.7 Å². The van der Waals surface area contributed by atoms with E-state index in [0.717, 1.165) is 60.1 Å². The van der Waals surface area contributed by atoms with E-state index in [1.807, 2.05) is 0 Å². The molecule has 4 nitrogen and oxygen atoms in total. The molecule has 262 valence electrons. The van der Waals surface area contributed by atoms with E-state index in [0.29, 0.717) is 10.8 Å².